The Morgan fingerprint density at radius 2 is 1.86 bits per heavy atom. The second-order valence-electron chi connectivity index (χ2n) is 6.67. The van der Waals surface area contributed by atoms with Crippen LogP contribution in [0.15, 0.2) is 46.1 Å². The second kappa shape index (κ2) is 12.0. The van der Waals surface area contributed by atoms with Crippen molar-refractivity contribution in [1.29, 1.82) is 0 Å². The highest BCUT2D eigenvalue weighted by Crippen LogP contribution is 2.10. The molecule has 0 unspecified atom stereocenters. The Kier molecular flexibility index (Phi) is 9.72. The summed E-state index contributed by atoms with van der Waals surface area (Å²) in [6.45, 7) is 9.02. The molecule has 0 bridgehead atoms. The molecule has 1 aromatic heterocycles. The average molecular weight is 499 g/mol. The van der Waals surface area contributed by atoms with E-state index in [1.54, 1.807) is 13.4 Å². The fourth-order valence-corrected chi connectivity index (χ4v) is 3.17. The Morgan fingerprint density at radius 1 is 1.14 bits per heavy atom. The first-order valence-electron chi connectivity index (χ1n) is 9.50. The molecule has 0 radical (unpaired) electrons. The number of methoxy groups -OCH3 is 1. The summed E-state index contributed by atoms with van der Waals surface area (Å²) in [7, 11) is 1.71. The van der Waals surface area contributed by atoms with Crippen molar-refractivity contribution in [2.45, 2.75) is 26.6 Å². The van der Waals surface area contributed by atoms with Crippen LogP contribution in [0.3, 0.4) is 0 Å². The molecule has 0 aliphatic carbocycles. The summed E-state index contributed by atoms with van der Waals surface area (Å²) < 4.78 is 10.1. The zero-order valence-corrected chi connectivity index (χ0v) is 19.0. The van der Waals surface area contributed by atoms with Crippen LogP contribution in [-0.2, 0) is 24.4 Å². The number of hydrogen-bond donors (Lipinski definition) is 1. The summed E-state index contributed by atoms with van der Waals surface area (Å²) >= 11 is 0. The van der Waals surface area contributed by atoms with E-state index in [0.717, 1.165) is 50.9 Å². The molecule has 0 amide bonds. The molecule has 1 aliphatic heterocycles. The average Bonchev–Trinajstić information content (AvgIpc) is 3.20. The van der Waals surface area contributed by atoms with Gasteiger partial charge in [-0.15, -0.1) is 24.0 Å². The van der Waals surface area contributed by atoms with Gasteiger partial charge >= 0.3 is 0 Å². The quantitative estimate of drug-likeness (QED) is 0.359. The third-order valence-corrected chi connectivity index (χ3v) is 4.63. The lowest BCUT2D eigenvalue weighted by molar-refractivity contribution is 0.169. The highest BCUT2D eigenvalue weighted by atomic mass is 127. The van der Waals surface area contributed by atoms with E-state index < -0.39 is 0 Å². The number of hydrogen-bond acceptors (Lipinski definition) is 5. The third kappa shape index (κ3) is 6.75. The summed E-state index contributed by atoms with van der Waals surface area (Å²) in [5.74, 6) is 0.986. The van der Waals surface area contributed by atoms with Gasteiger partial charge in [-0.2, -0.15) is 0 Å². The van der Waals surface area contributed by atoms with Gasteiger partial charge in [0.1, 0.15) is 6.26 Å². The van der Waals surface area contributed by atoms with E-state index in [-0.39, 0.29) is 24.0 Å². The minimum Gasteiger partial charge on any atom is -0.380 e. The summed E-state index contributed by atoms with van der Waals surface area (Å²) in [5.41, 5.74) is 3.37. The first-order valence-corrected chi connectivity index (χ1v) is 9.50. The number of halogens is 1. The predicted molar refractivity (Wildman–Crippen MR) is 121 cm³/mol. The molecule has 1 aromatic carbocycles. The van der Waals surface area contributed by atoms with E-state index in [4.69, 9.17) is 14.3 Å². The van der Waals surface area contributed by atoms with E-state index >= 15 is 0 Å². The van der Waals surface area contributed by atoms with Gasteiger partial charge in [0.05, 0.1) is 18.8 Å². The largest absolute Gasteiger partial charge is 0.380 e. The minimum absolute atomic E-state index is 0. The van der Waals surface area contributed by atoms with Gasteiger partial charge in [0.25, 0.3) is 0 Å². The lowest BCUT2D eigenvalue weighted by Crippen LogP contribution is -2.52. The molecule has 1 fully saturated rings. The van der Waals surface area contributed by atoms with Crippen LogP contribution < -0.4 is 5.32 Å². The number of rotatable bonds is 7. The molecule has 2 heterocycles. The molecule has 1 aliphatic rings. The molecule has 0 saturated carbocycles. The van der Waals surface area contributed by atoms with E-state index in [1.165, 1.54) is 11.1 Å². The van der Waals surface area contributed by atoms with E-state index in [0.29, 0.717) is 13.2 Å². The van der Waals surface area contributed by atoms with Gasteiger partial charge in [0.15, 0.2) is 5.96 Å². The molecule has 2 aromatic rings. The zero-order chi connectivity index (χ0) is 18.9. The van der Waals surface area contributed by atoms with Gasteiger partial charge in [-0.1, -0.05) is 29.4 Å². The number of guanidine groups is 1. The number of nitrogens with one attached hydrogen (secondary N) is 1. The molecule has 7 nitrogen and oxygen atoms in total. The number of benzene rings is 1. The van der Waals surface area contributed by atoms with Crippen molar-refractivity contribution >= 4 is 29.9 Å². The maximum absolute atomic E-state index is 5.16. The first kappa shape index (κ1) is 22.6. The third-order valence-electron chi connectivity index (χ3n) is 4.63. The second-order valence-corrected chi connectivity index (χ2v) is 6.67. The van der Waals surface area contributed by atoms with E-state index in [9.17, 15) is 0 Å². The van der Waals surface area contributed by atoms with Crippen molar-refractivity contribution in [3.8, 4) is 0 Å². The lowest BCUT2D eigenvalue weighted by Gasteiger charge is -2.36. The lowest BCUT2D eigenvalue weighted by atomic mass is 10.1. The van der Waals surface area contributed by atoms with Crippen molar-refractivity contribution in [1.82, 2.24) is 20.3 Å². The summed E-state index contributed by atoms with van der Waals surface area (Å²) in [4.78, 5) is 9.57. The van der Waals surface area contributed by atoms with E-state index in [2.05, 4.69) is 51.5 Å². The molecule has 1 saturated heterocycles. The number of piperazine rings is 1. The standard InChI is InChI=1S/C20H29N5O2.HI/c1-3-21-20(22-14-17-4-6-18(7-5-17)16-26-2)25-11-9-24(10-12-25)15-19-8-13-27-23-19;/h4-8,13H,3,9-12,14-16H2,1-2H3,(H,21,22);1H. The van der Waals surface area contributed by atoms with Gasteiger partial charge in [-0.25, -0.2) is 4.99 Å². The van der Waals surface area contributed by atoms with Crippen LogP contribution >= 0.6 is 24.0 Å². The highest BCUT2D eigenvalue weighted by molar-refractivity contribution is 14.0. The Morgan fingerprint density at radius 3 is 2.46 bits per heavy atom. The van der Waals surface area contributed by atoms with Crippen LogP contribution in [0.4, 0.5) is 0 Å². The van der Waals surface area contributed by atoms with Crippen molar-refractivity contribution in [2.75, 3.05) is 39.8 Å². The smallest absolute Gasteiger partial charge is 0.194 e. The summed E-state index contributed by atoms with van der Waals surface area (Å²) in [6.07, 6.45) is 1.63. The maximum Gasteiger partial charge on any atom is 0.194 e. The Bertz CT molecular complexity index is 698. The van der Waals surface area contributed by atoms with Crippen molar-refractivity contribution in [3.05, 3.63) is 53.4 Å². The maximum atomic E-state index is 5.16. The minimum atomic E-state index is 0. The van der Waals surface area contributed by atoms with Crippen LogP contribution in [0.5, 0.6) is 0 Å². The predicted octanol–water partition coefficient (Wildman–Crippen LogP) is 2.72. The van der Waals surface area contributed by atoms with Crippen molar-refractivity contribution in [3.63, 3.8) is 0 Å². The van der Waals surface area contributed by atoms with Crippen LogP contribution in [-0.4, -0.2) is 60.7 Å². The number of aliphatic imine (C=N–C) groups is 1. The van der Waals surface area contributed by atoms with E-state index in [1.807, 2.05) is 6.07 Å². The first-order chi connectivity index (χ1) is 13.3. The molecule has 3 rings (SSSR count). The molecule has 1 N–H and O–H groups in total. The van der Waals surface area contributed by atoms with Gasteiger partial charge in [-0.3, -0.25) is 4.90 Å². The molecule has 154 valence electrons. The Hall–Kier alpha value is -1.65. The van der Waals surface area contributed by atoms with Gasteiger partial charge in [0.2, 0.25) is 0 Å². The molecular formula is C20H30IN5O2. The van der Waals surface area contributed by atoms with Gasteiger partial charge < -0.3 is 19.5 Å². The van der Waals surface area contributed by atoms with Crippen LogP contribution in [0.2, 0.25) is 0 Å². The Balaban J connectivity index is 0.00000280. The van der Waals surface area contributed by atoms with Gasteiger partial charge in [-0.05, 0) is 18.1 Å². The number of nitrogens with zero attached hydrogens (tertiary/aromatic N) is 4. The van der Waals surface area contributed by atoms with Gasteiger partial charge in [0, 0.05) is 52.4 Å². The molecular weight excluding hydrogens is 469 g/mol. The van der Waals surface area contributed by atoms with Crippen LogP contribution in [0, 0.1) is 0 Å². The zero-order valence-electron chi connectivity index (χ0n) is 16.6. The van der Waals surface area contributed by atoms with Crippen LogP contribution in [0.25, 0.3) is 0 Å². The van der Waals surface area contributed by atoms with Crippen molar-refractivity contribution < 1.29 is 9.26 Å². The Labute approximate surface area is 184 Å². The molecule has 0 spiro atoms. The number of aromatic nitrogens is 1. The monoisotopic (exact) mass is 499 g/mol. The highest BCUT2D eigenvalue weighted by Gasteiger charge is 2.20. The molecule has 8 heteroatoms. The number of ether oxygens (including phenoxy) is 1. The topological polar surface area (TPSA) is 66.1 Å². The van der Waals surface area contributed by atoms with Crippen molar-refractivity contribution in [2.24, 2.45) is 4.99 Å². The molecule has 28 heavy (non-hydrogen) atoms. The normalized spacial score (nSPS) is 15.4. The fourth-order valence-electron chi connectivity index (χ4n) is 3.17. The fraction of sp³-hybridized carbons (Fsp3) is 0.500. The molecule has 0 atom stereocenters. The van der Waals surface area contributed by atoms with Crippen LogP contribution in [0.1, 0.15) is 23.7 Å². The SMILES string of the molecule is CCNC(=NCc1ccc(COC)cc1)N1CCN(Cc2ccon2)CC1.I. The summed E-state index contributed by atoms with van der Waals surface area (Å²) in [5, 5.41) is 7.43. The summed E-state index contributed by atoms with van der Waals surface area (Å²) in [6, 6.07) is 10.4.